The third-order valence-electron chi connectivity index (χ3n) is 4.93. The average molecular weight is 287 g/mol. The van der Waals surface area contributed by atoms with Crippen LogP contribution in [-0.4, -0.2) is 34.9 Å². The van der Waals surface area contributed by atoms with Gasteiger partial charge in [0, 0.05) is 43.5 Å². The van der Waals surface area contributed by atoms with Crippen LogP contribution in [0.4, 0.5) is 0 Å². The molecule has 3 rings (SSSR count). The molecule has 4 heteroatoms. The first kappa shape index (κ1) is 14.5. The minimum atomic E-state index is 0.317. The molecule has 1 atom stereocenters. The van der Waals surface area contributed by atoms with Crippen molar-refractivity contribution >= 4 is 5.91 Å². The topological polar surface area (TPSA) is 45.2 Å². The molecule has 1 amide bonds. The van der Waals surface area contributed by atoms with Crippen LogP contribution in [0.15, 0.2) is 24.5 Å². The minimum Gasteiger partial charge on any atom is -0.342 e. The Labute approximate surface area is 126 Å². The van der Waals surface area contributed by atoms with Gasteiger partial charge in [-0.15, -0.1) is 0 Å². The van der Waals surface area contributed by atoms with Gasteiger partial charge in [-0.25, -0.2) is 0 Å². The van der Waals surface area contributed by atoms with Crippen molar-refractivity contribution < 1.29 is 4.79 Å². The van der Waals surface area contributed by atoms with Crippen molar-refractivity contribution in [2.75, 3.05) is 13.1 Å². The van der Waals surface area contributed by atoms with Crippen LogP contribution < -0.4 is 5.32 Å². The highest BCUT2D eigenvalue weighted by molar-refractivity contribution is 5.79. The fraction of sp³-hybridized carbons (Fsp3) is 0.647. The number of rotatable bonds is 4. The number of carbonyl (C=O) groups excluding carboxylic acids is 1. The summed E-state index contributed by atoms with van der Waals surface area (Å²) < 4.78 is 0. The van der Waals surface area contributed by atoms with Crippen LogP contribution in [-0.2, 0) is 4.79 Å². The summed E-state index contributed by atoms with van der Waals surface area (Å²) in [5.74, 6) is 0.740. The van der Waals surface area contributed by atoms with E-state index in [0.717, 1.165) is 38.8 Å². The maximum absolute atomic E-state index is 12.2. The predicted octanol–water partition coefficient (Wildman–Crippen LogP) is 2.52. The van der Waals surface area contributed by atoms with Crippen LogP contribution in [0.1, 0.15) is 50.6 Å². The summed E-state index contributed by atoms with van der Waals surface area (Å²) in [6.07, 6.45) is 9.29. The highest BCUT2D eigenvalue weighted by atomic mass is 16.2. The van der Waals surface area contributed by atoms with E-state index in [-0.39, 0.29) is 0 Å². The molecule has 1 N–H and O–H groups in total. The third-order valence-corrected chi connectivity index (χ3v) is 4.93. The SMILES string of the molecule is C[C@H](NC1CCN(C(=O)C2CCC2)CC1)c1cccnc1. The van der Waals surface area contributed by atoms with Gasteiger partial charge in [0.15, 0.2) is 0 Å². The van der Waals surface area contributed by atoms with Gasteiger partial charge in [0.1, 0.15) is 0 Å². The van der Waals surface area contributed by atoms with Crippen molar-refractivity contribution in [3.8, 4) is 0 Å². The first-order valence-electron chi connectivity index (χ1n) is 8.19. The summed E-state index contributed by atoms with van der Waals surface area (Å²) in [4.78, 5) is 18.5. The molecule has 0 radical (unpaired) electrons. The number of nitrogens with one attached hydrogen (secondary N) is 1. The average Bonchev–Trinajstić information content (AvgIpc) is 2.47. The quantitative estimate of drug-likeness (QED) is 0.925. The maximum Gasteiger partial charge on any atom is 0.225 e. The lowest BCUT2D eigenvalue weighted by atomic mass is 9.84. The first-order valence-corrected chi connectivity index (χ1v) is 8.19. The monoisotopic (exact) mass is 287 g/mol. The molecule has 21 heavy (non-hydrogen) atoms. The summed E-state index contributed by atoms with van der Waals surface area (Å²) in [5.41, 5.74) is 1.23. The first-order chi connectivity index (χ1) is 10.2. The van der Waals surface area contributed by atoms with Crippen molar-refractivity contribution in [3.05, 3.63) is 30.1 Å². The van der Waals surface area contributed by atoms with E-state index in [9.17, 15) is 4.79 Å². The Morgan fingerprint density at radius 1 is 1.33 bits per heavy atom. The van der Waals surface area contributed by atoms with Gasteiger partial charge >= 0.3 is 0 Å². The molecular formula is C17H25N3O. The van der Waals surface area contributed by atoms with Crippen molar-refractivity contribution in [2.24, 2.45) is 5.92 Å². The molecule has 4 nitrogen and oxygen atoms in total. The summed E-state index contributed by atoms with van der Waals surface area (Å²) in [6, 6.07) is 4.91. The molecule has 1 aromatic heterocycles. The van der Waals surface area contributed by atoms with Gasteiger partial charge in [-0.3, -0.25) is 9.78 Å². The Morgan fingerprint density at radius 3 is 2.67 bits per heavy atom. The molecule has 2 fully saturated rings. The number of likely N-dealkylation sites (tertiary alicyclic amines) is 1. The Balaban J connectivity index is 1.46. The van der Waals surface area contributed by atoms with E-state index in [4.69, 9.17) is 0 Å². The van der Waals surface area contributed by atoms with E-state index in [2.05, 4.69) is 28.2 Å². The van der Waals surface area contributed by atoms with E-state index in [1.165, 1.54) is 12.0 Å². The second-order valence-electron chi connectivity index (χ2n) is 6.40. The lowest BCUT2D eigenvalue weighted by molar-refractivity contribution is -0.139. The van der Waals surface area contributed by atoms with Gasteiger partial charge in [-0.2, -0.15) is 0 Å². The summed E-state index contributed by atoms with van der Waals surface area (Å²) in [6.45, 7) is 4.00. The Hall–Kier alpha value is -1.42. The maximum atomic E-state index is 12.2. The summed E-state index contributed by atoms with van der Waals surface area (Å²) in [7, 11) is 0. The standard InChI is InChI=1S/C17H25N3O/c1-13(15-6-3-9-18-12-15)19-16-7-10-20(11-8-16)17(21)14-4-2-5-14/h3,6,9,12-14,16,19H,2,4-5,7-8,10-11H2,1H3/t13-/m0/s1. The van der Waals surface area contributed by atoms with Crippen LogP contribution in [0.5, 0.6) is 0 Å². The third kappa shape index (κ3) is 3.43. The number of pyridine rings is 1. The fourth-order valence-electron chi connectivity index (χ4n) is 3.26. The second kappa shape index (κ2) is 6.56. The van der Waals surface area contributed by atoms with Gasteiger partial charge in [0.25, 0.3) is 0 Å². The smallest absolute Gasteiger partial charge is 0.225 e. The number of hydrogen-bond acceptors (Lipinski definition) is 3. The molecule has 0 unspecified atom stereocenters. The molecule has 0 aromatic carbocycles. The molecule has 2 aliphatic rings. The van der Waals surface area contributed by atoms with E-state index < -0.39 is 0 Å². The Bertz CT molecular complexity index is 464. The van der Waals surface area contributed by atoms with Crippen LogP contribution in [0.3, 0.4) is 0 Å². The zero-order valence-electron chi connectivity index (χ0n) is 12.8. The van der Waals surface area contributed by atoms with Crippen molar-refractivity contribution in [3.63, 3.8) is 0 Å². The lowest BCUT2D eigenvalue weighted by Gasteiger charge is -2.37. The molecule has 1 aliphatic carbocycles. The summed E-state index contributed by atoms with van der Waals surface area (Å²) >= 11 is 0. The molecule has 0 spiro atoms. The molecule has 1 aromatic rings. The Kier molecular flexibility index (Phi) is 4.54. The molecule has 0 bridgehead atoms. The minimum absolute atomic E-state index is 0.317. The van der Waals surface area contributed by atoms with E-state index in [1.807, 2.05) is 12.3 Å². The van der Waals surface area contributed by atoms with E-state index in [0.29, 0.717) is 23.9 Å². The van der Waals surface area contributed by atoms with Gasteiger partial charge < -0.3 is 10.2 Å². The van der Waals surface area contributed by atoms with Crippen molar-refractivity contribution in [1.82, 2.24) is 15.2 Å². The molecular weight excluding hydrogens is 262 g/mol. The number of aromatic nitrogens is 1. The highest BCUT2D eigenvalue weighted by Crippen LogP contribution is 2.29. The van der Waals surface area contributed by atoms with Gasteiger partial charge in [-0.1, -0.05) is 12.5 Å². The van der Waals surface area contributed by atoms with Crippen LogP contribution >= 0.6 is 0 Å². The van der Waals surface area contributed by atoms with E-state index in [1.54, 1.807) is 6.20 Å². The zero-order chi connectivity index (χ0) is 14.7. The predicted molar refractivity (Wildman–Crippen MR) is 82.7 cm³/mol. The van der Waals surface area contributed by atoms with Gasteiger partial charge in [-0.05, 0) is 44.2 Å². The number of amides is 1. The molecule has 1 saturated carbocycles. The largest absolute Gasteiger partial charge is 0.342 e. The van der Waals surface area contributed by atoms with Gasteiger partial charge in [0.05, 0.1) is 0 Å². The zero-order valence-corrected chi connectivity index (χ0v) is 12.8. The van der Waals surface area contributed by atoms with Crippen LogP contribution in [0.2, 0.25) is 0 Å². The van der Waals surface area contributed by atoms with Crippen LogP contribution in [0.25, 0.3) is 0 Å². The summed E-state index contributed by atoms with van der Waals surface area (Å²) in [5, 5.41) is 3.67. The number of hydrogen-bond donors (Lipinski definition) is 1. The molecule has 2 heterocycles. The Morgan fingerprint density at radius 2 is 2.10 bits per heavy atom. The van der Waals surface area contributed by atoms with Crippen molar-refractivity contribution in [2.45, 2.75) is 51.1 Å². The lowest BCUT2D eigenvalue weighted by Crippen LogP contribution is -2.48. The van der Waals surface area contributed by atoms with Crippen molar-refractivity contribution in [1.29, 1.82) is 0 Å². The van der Waals surface area contributed by atoms with Crippen LogP contribution in [0, 0.1) is 5.92 Å². The number of carbonyl (C=O) groups is 1. The molecule has 1 aliphatic heterocycles. The molecule has 114 valence electrons. The highest BCUT2D eigenvalue weighted by Gasteiger charge is 2.31. The van der Waals surface area contributed by atoms with E-state index >= 15 is 0 Å². The normalized spacial score (nSPS) is 21.9. The second-order valence-corrected chi connectivity index (χ2v) is 6.40. The van der Waals surface area contributed by atoms with Gasteiger partial charge in [0.2, 0.25) is 5.91 Å². The number of piperidine rings is 1. The fourth-order valence-corrected chi connectivity index (χ4v) is 3.26. The molecule has 1 saturated heterocycles. The number of nitrogens with zero attached hydrogens (tertiary/aromatic N) is 2.